The van der Waals surface area contributed by atoms with Gasteiger partial charge in [-0.25, -0.2) is 4.79 Å². The van der Waals surface area contributed by atoms with E-state index in [1.165, 1.54) is 0 Å². The number of carbonyl (C=O) groups excluding carboxylic acids is 1. The van der Waals surface area contributed by atoms with Crippen LogP contribution in [0.5, 0.6) is 0 Å². The number of aromatic nitrogens is 2. The fourth-order valence-electron chi connectivity index (χ4n) is 2.34. The van der Waals surface area contributed by atoms with E-state index in [0.29, 0.717) is 16.2 Å². The van der Waals surface area contributed by atoms with Crippen LogP contribution in [0.4, 0.5) is 16.2 Å². The lowest BCUT2D eigenvalue weighted by Crippen LogP contribution is -2.39. The number of halogens is 1. The Kier molecular flexibility index (Phi) is 4.12. The number of carbonyl (C=O) groups is 1. The smallest absolute Gasteiger partial charge is 0.297 e. The van der Waals surface area contributed by atoms with E-state index >= 15 is 0 Å². The van der Waals surface area contributed by atoms with Crippen LogP contribution in [0.15, 0.2) is 54.9 Å². The third-order valence-electron chi connectivity index (χ3n) is 3.62. The van der Waals surface area contributed by atoms with Crippen molar-refractivity contribution in [3.05, 3.63) is 59.9 Å². The first-order chi connectivity index (χ1) is 11.1. The number of nitrogens with zero attached hydrogens (tertiary/aromatic N) is 4. The number of pyridine rings is 2. The molecule has 2 aromatic heterocycles. The summed E-state index contributed by atoms with van der Waals surface area (Å²) in [5, 5.41) is 0.632. The summed E-state index contributed by atoms with van der Waals surface area (Å²) >= 11 is 5.89. The quantitative estimate of drug-likeness (QED) is 0.715. The summed E-state index contributed by atoms with van der Waals surface area (Å²) in [6.07, 6.45) is 3.36. The van der Waals surface area contributed by atoms with Gasteiger partial charge in [-0.2, -0.15) is 0 Å². The van der Waals surface area contributed by atoms with Crippen LogP contribution in [-0.2, 0) is 0 Å². The fraction of sp³-hybridized carbons (Fsp3) is 0.118. The molecule has 5 nitrogen and oxygen atoms in total. The van der Waals surface area contributed by atoms with Gasteiger partial charge >= 0.3 is 6.03 Å². The molecule has 0 radical (unpaired) electrons. The lowest BCUT2D eigenvalue weighted by Gasteiger charge is -2.25. The van der Waals surface area contributed by atoms with E-state index in [9.17, 15) is 4.79 Å². The average Bonchev–Trinajstić information content (AvgIpc) is 2.60. The average molecular weight is 327 g/mol. The van der Waals surface area contributed by atoms with Crippen molar-refractivity contribution in [1.29, 1.82) is 0 Å². The van der Waals surface area contributed by atoms with Gasteiger partial charge < -0.3 is 0 Å². The van der Waals surface area contributed by atoms with Crippen molar-refractivity contribution in [2.45, 2.75) is 0 Å². The second kappa shape index (κ2) is 6.22. The molecule has 0 unspecified atom stereocenters. The molecule has 0 saturated carbocycles. The molecule has 3 rings (SSSR count). The van der Waals surface area contributed by atoms with Crippen LogP contribution in [0.2, 0.25) is 5.02 Å². The van der Waals surface area contributed by atoms with E-state index in [2.05, 4.69) is 9.97 Å². The number of anilines is 2. The first-order valence-corrected chi connectivity index (χ1v) is 7.42. The maximum absolute atomic E-state index is 12.7. The number of hydrogen-bond acceptors (Lipinski definition) is 3. The number of amides is 2. The Morgan fingerprint density at radius 3 is 2.43 bits per heavy atom. The van der Waals surface area contributed by atoms with Crippen LogP contribution >= 0.6 is 11.6 Å². The molecule has 0 fully saturated rings. The third kappa shape index (κ3) is 2.96. The van der Waals surface area contributed by atoms with E-state index in [4.69, 9.17) is 11.6 Å². The second-order valence-corrected chi connectivity index (χ2v) is 5.51. The molecule has 0 aliphatic carbocycles. The molecular weight excluding hydrogens is 312 g/mol. The van der Waals surface area contributed by atoms with Crippen molar-refractivity contribution in [1.82, 2.24) is 9.97 Å². The van der Waals surface area contributed by atoms with Gasteiger partial charge in [0, 0.05) is 37.2 Å². The topological polar surface area (TPSA) is 49.3 Å². The zero-order valence-corrected chi connectivity index (χ0v) is 13.5. The van der Waals surface area contributed by atoms with Crippen LogP contribution in [-0.4, -0.2) is 30.1 Å². The predicted molar refractivity (Wildman–Crippen MR) is 93.2 cm³/mol. The van der Waals surface area contributed by atoms with Crippen molar-refractivity contribution < 1.29 is 4.79 Å². The number of benzene rings is 1. The first kappa shape index (κ1) is 15.2. The van der Waals surface area contributed by atoms with E-state index in [1.54, 1.807) is 66.6 Å². The van der Waals surface area contributed by atoms with Crippen molar-refractivity contribution in [2.75, 3.05) is 23.9 Å². The monoisotopic (exact) mass is 326 g/mol. The molecule has 0 N–H and O–H groups in total. The molecule has 116 valence electrons. The van der Waals surface area contributed by atoms with Gasteiger partial charge in [-0.1, -0.05) is 11.6 Å². The molecular formula is C17H15ClN4O. The summed E-state index contributed by atoms with van der Waals surface area (Å²) in [4.78, 5) is 24.5. The fourth-order valence-corrected chi connectivity index (χ4v) is 2.47. The van der Waals surface area contributed by atoms with Crippen LogP contribution in [0, 0.1) is 0 Å². The minimum Gasteiger partial charge on any atom is -0.297 e. The Bertz CT molecular complexity index is 845. The highest BCUT2D eigenvalue weighted by Gasteiger charge is 2.19. The summed E-state index contributed by atoms with van der Waals surface area (Å²) in [7, 11) is 3.44. The standard InChI is InChI=1S/C17H15ClN4O/c1-21(13-7-5-12(18)6-8-13)17(23)22(2)15-9-11-19-14-4-3-10-20-16(14)15/h3-11H,1-2H3. The molecule has 0 saturated heterocycles. The molecule has 0 bridgehead atoms. The summed E-state index contributed by atoms with van der Waals surface area (Å²) < 4.78 is 0. The van der Waals surface area contributed by atoms with E-state index in [1.807, 2.05) is 12.1 Å². The molecule has 0 aliphatic rings. The van der Waals surface area contributed by atoms with Gasteiger partial charge in [-0.3, -0.25) is 19.8 Å². The van der Waals surface area contributed by atoms with Gasteiger partial charge in [0.25, 0.3) is 0 Å². The zero-order valence-electron chi connectivity index (χ0n) is 12.8. The van der Waals surface area contributed by atoms with E-state index < -0.39 is 0 Å². The minimum absolute atomic E-state index is 0.175. The Morgan fingerprint density at radius 1 is 0.957 bits per heavy atom. The van der Waals surface area contributed by atoms with Crippen molar-refractivity contribution in [3.8, 4) is 0 Å². The number of rotatable bonds is 2. The van der Waals surface area contributed by atoms with Crippen molar-refractivity contribution in [2.24, 2.45) is 0 Å². The van der Waals surface area contributed by atoms with Gasteiger partial charge in [0.1, 0.15) is 5.52 Å². The SMILES string of the molecule is CN(C(=O)N(C)c1ccnc2cccnc12)c1ccc(Cl)cc1. The maximum atomic E-state index is 12.7. The van der Waals surface area contributed by atoms with Gasteiger partial charge in [0.15, 0.2) is 0 Å². The highest BCUT2D eigenvalue weighted by molar-refractivity contribution is 6.30. The lowest BCUT2D eigenvalue weighted by molar-refractivity contribution is 0.253. The third-order valence-corrected chi connectivity index (χ3v) is 3.88. The molecule has 2 heterocycles. The minimum atomic E-state index is -0.175. The normalized spacial score (nSPS) is 10.6. The molecule has 3 aromatic rings. The Balaban J connectivity index is 1.93. The van der Waals surface area contributed by atoms with Crippen LogP contribution < -0.4 is 9.80 Å². The van der Waals surface area contributed by atoms with Crippen molar-refractivity contribution in [3.63, 3.8) is 0 Å². The summed E-state index contributed by atoms with van der Waals surface area (Å²) in [5.41, 5.74) is 2.91. The maximum Gasteiger partial charge on any atom is 0.328 e. The summed E-state index contributed by atoms with van der Waals surface area (Å²) in [5.74, 6) is 0. The Labute approximate surface area is 139 Å². The first-order valence-electron chi connectivity index (χ1n) is 7.04. The Hall–Kier alpha value is -2.66. The van der Waals surface area contributed by atoms with E-state index in [0.717, 1.165) is 11.2 Å². The number of urea groups is 1. The zero-order chi connectivity index (χ0) is 16.4. The second-order valence-electron chi connectivity index (χ2n) is 5.08. The Morgan fingerprint density at radius 2 is 1.70 bits per heavy atom. The molecule has 0 spiro atoms. The molecule has 23 heavy (non-hydrogen) atoms. The van der Waals surface area contributed by atoms with Gasteiger partial charge in [-0.05, 0) is 42.5 Å². The molecule has 1 aromatic carbocycles. The number of fused-ring (bicyclic) bond motifs is 1. The summed E-state index contributed by atoms with van der Waals surface area (Å²) in [6.45, 7) is 0. The van der Waals surface area contributed by atoms with Gasteiger partial charge in [0.05, 0.1) is 11.2 Å². The largest absolute Gasteiger partial charge is 0.328 e. The molecule has 2 amide bonds. The molecule has 6 heteroatoms. The van der Waals surface area contributed by atoms with Crippen LogP contribution in [0.3, 0.4) is 0 Å². The predicted octanol–water partition coefficient (Wildman–Crippen LogP) is 3.98. The summed E-state index contributed by atoms with van der Waals surface area (Å²) in [6, 6.07) is 12.4. The highest BCUT2D eigenvalue weighted by atomic mass is 35.5. The number of hydrogen-bond donors (Lipinski definition) is 0. The van der Waals surface area contributed by atoms with Gasteiger partial charge in [-0.15, -0.1) is 0 Å². The molecule has 0 atom stereocenters. The van der Waals surface area contributed by atoms with Crippen LogP contribution in [0.1, 0.15) is 0 Å². The van der Waals surface area contributed by atoms with E-state index in [-0.39, 0.29) is 6.03 Å². The lowest BCUT2D eigenvalue weighted by atomic mass is 10.2. The van der Waals surface area contributed by atoms with Crippen LogP contribution in [0.25, 0.3) is 11.0 Å². The highest BCUT2D eigenvalue weighted by Crippen LogP contribution is 2.24. The van der Waals surface area contributed by atoms with Crippen molar-refractivity contribution >= 4 is 40.0 Å². The van der Waals surface area contributed by atoms with Gasteiger partial charge in [0.2, 0.25) is 0 Å². The molecule has 0 aliphatic heterocycles.